The zero-order valence-corrected chi connectivity index (χ0v) is 31.2. The van der Waals surface area contributed by atoms with Gasteiger partial charge in [0.1, 0.15) is 17.5 Å². The van der Waals surface area contributed by atoms with Crippen LogP contribution in [0.25, 0.3) is 0 Å². The summed E-state index contributed by atoms with van der Waals surface area (Å²) in [6, 6.07) is 46.1. The third-order valence-electron chi connectivity index (χ3n) is 11.1. The molecule has 1 unspecified atom stereocenters. The summed E-state index contributed by atoms with van der Waals surface area (Å²) in [5.41, 5.74) is 9.06. The van der Waals surface area contributed by atoms with Gasteiger partial charge in [-0.2, -0.15) is 0 Å². The van der Waals surface area contributed by atoms with Crippen LogP contribution < -0.4 is 15.6 Å². The predicted octanol–water partition coefficient (Wildman–Crippen LogP) is 10.4. The van der Waals surface area contributed by atoms with Gasteiger partial charge in [0.2, 0.25) is 0 Å². The molecule has 52 heavy (non-hydrogen) atoms. The van der Waals surface area contributed by atoms with Gasteiger partial charge in [0.05, 0.1) is 0 Å². The van der Waals surface area contributed by atoms with Crippen molar-refractivity contribution in [1.29, 1.82) is 0 Å². The van der Waals surface area contributed by atoms with Crippen molar-refractivity contribution < 1.29 is 13.2 Å². The molecule has 0 aliphatic heterocycles. The number of benzene rings is 6. The largest absolute Gasteiger partial charge is 0.207 e. The molecule has 0 spiro atoms. The zero-order valence-electron chi connectivity index (χ0n) is 30.2. The minimum atomic E-state index is -3.66. The van der Waals surface area contributed by atoms with Crippen LogP contribution in [-0.4, -0.2) is 8.07 Å². The maximum absolute atomic E-state index is 16.3. The molecule has 0 heterocycles. The van der Waals surface area contributed by atoms with Gasteiger partial charge in [0.25, 0.3) is 0 Å². The lowest BCUT2D eigenvalue weighted by atomic mass is 10.0. The van der Waals surface area contributed by atoms with Gasteiger partial charge in [0, 0.05) is 5.04 Å². The molecule has 0 amide bonds. The van der Waals surface area contributed by atoms with Crippen molar-refractivity contribution in [2.24, 2.45) is 0 Å². The van der Waals surface area contributed by atoms with Gasteiger partial charge < -0.3 is 0 Å². The molecule has 0 saturated carbocycles. The maximum Gasteiger partial charge on any atom is 0.162 e. The van der Waals surface area contributed by atoms with Crippen LogP contribution in [0.15, 0.2) is 168 Å². The fraction of sp³-hybridized carbons (Fsp3) is 0.167. The Balaban J connectivity index is 1.57. The molecule has 1 atom stereocenters. The fourth-order valence-electron chi connectivity index (χ4n) is 8.53. The number of allylic oxidation sites excluding steroid dienone is 4. The van der Waals surface area contributed by atoms with E-state index in [0.29, 0.717) is 19.3 Å². The van der Waals surface area contributed by atoms with E-state index in [1.54, 1.807) is 36.4 Å². The van der Waals surface area contributed by atoms with Gasteiger partial charge in [0.15, 0.2) is 8.07 Å². The van der Waals surface area contributed by atoms with Crippen molar-refractivity contribution >= 4 is 23.6 Å². The summed E-state index contributed by atoms with van der Waals surface area (Å²) in [6.07, 6.45) is 3.87. The number of halogens is 3. The molecule has 0 saturated heterocycles. The normalized spacial score (nSPS) is 15.9. The van der Waals surface area contributed by atoms with Crippen molar-refractivity contribution in [3.05, 3.63) is 219 Å². The van der Waals surface area contributed by atoms with Crippen LogP contribution in [0.1, 0.15) is 61.1 Å². The molecule has 4 heteroatoms. The lowest BCUT2D eigenvalue weighted by Crippen LogP contribution is -2.73. The molecule has 260 valence electrons. The summed E-state index contributed by atoms with van der Waals surface area (Å²) in [4.78, 5) is 0. The highest BCUT2D eigenvalue weighted by atomic mass is 28.3. The summed E-state index contributed by atoms with van der Waals surface area (Å²) in [5.74, 6) is -1.08. The smallest absolute Gasteiger partial charge is 0.162 e. The molecule has 7 rings (SSSR count). The van der Waals surface area contributed by atoms with Gasteiger partial charge in [-0.1, -0.05) is 133 Å². The Morgan fingerprint density at radius 3 is 1.06 bits per heavy atom. The molecule has 1 aliphatic carbocycles. The first-order chi connectivity index (χ1) is 25.0. The Bertz CT molecular complexity index is 2070. The summed E-state index contributed by atoms with van der Waals surface area (Å²) >= 11 is 0. The standard InChI is InChI=1S/C48H43F3Si/c1-33-32-48(4,35(3)34(33)2)52(45-26-39(23-42(49)29-45)20-36-14-8-5-9-15-36,46-27-40(24-43(50)30-46)21-37-16-10-6-11-17-37)47-28-41(25-44(51)31-47)22-38-18-12-7-13-19-38/h5-19,23-32H,20-22H2,1-4H3. The Kier molecular flexibility index (Phi) is 9.78. The average molecular weight is 705 g/mol. The molecular weight excluding hydrogens is 662 g/mol. The monoisotopic (exact) mass is 704 g/mol. The van der Waals surface area contributed by atoms with Crippen LogP contribution in [0.2, 0.25) is 5.04 Å². The van der Waals surface area contributed by atoms with Crippen molar-refractivity contribution in [2.75, 3.05) is 0 Å². The molecule has 0 bridgehead atoms. The second kappa shape index (κ2) is 14.4. The van der Waals surface area contributed by atoms with Crippen LogP contribution in [-0.2, 0) is 19.3 Å². The fourth-order valence-corrected chi connectivity index (χ4v) is 14.8. The van der Waals surface area contributed by atoms with E-state index in [-0.39, 0.29) is 17.5 Å². The van der Waals surface area contributed by atoms with Gasteiger partial charge in [-0.25, -0.2) is 13.2 Å². The quantitative estimate of drug-likeness (QED) is 0.0984. The molecule has 0 aromatic heterocycles. The van der Waals surface area contributed by atoms with E-state index in [0.717, 1.165) is 65.7 Å². The van der Waals surface area contributed by atoms with E-state index in [9.17, 15) is 0 Å². The van der Waals surface area contributed by atoms with Crippen LogP contribution in [0.4, 0.5) is 13.2 Å². The third-order valence-corrected chi connectivity index (χ3v) is 16.7. The van der Waals surface area contributed by atoms with E-state index in [4.69, 9.17) is 0 Å². The predicted molar refractivity (Wildman–Crippen MR) is 212 cm³/mol. The lowest BCUT2D eigenvalue weighted by Gasteiger charge is -2.47. The molecule has 1 aliphatic rings. The summed E-state index contributed by atoms with van der Waals surface area (Å²) in [6.45, 7) is 8.58. The number of hydrogen-bond donors (Lipinski definition) is 0. The Morgan fingerprint density at radius 1 is 0.442 bits per heavy atom. The van der Waals surface area contributed by atoms with Crippen molar-refractivity contribution in [1.82, 2.24) is 0 Å². The third kappa shape index (κ3) is 6.76. The Morgan fingerprint density at radius 2 is 0.769 bits per heavy atom. The van der Waals surface area contributed by atoms with E-state index >= 15 is 13.2 Å². The van der Waals surface area contributed by atoms with Crippen LogP contribution >= 0.6 is 0 Å². The molecule has 0 fully saturated rings. The molecule has 0 N–H and O–H groups in total. The molecule has 6 aromatic rings. The first kappa shape index (κ1) is 35.2. The highest BCUT2D eigenvalue weighted by Crippen LogP contribution is 2.53. The van der Waals surface area contributed by atoms with E-state index < -0.39 is 13.1 Å². The van der Waals surface area contributed by atoms with Crippen molar-refractivity contribution in [3.63, 3.8) is 0 Å². The van der Waals surface area contributed by atoms with Gasteiger partial charge in [-0.05, 0) is 131 Å². The van der Waals surface area contributed by atoms with Gasteiger partial charge in [-0.3, -0.25) is 0 Å². The average Bonchev–Trinajstić information content (AvgIpc) is 3.31. The second-order valence-electron chi connectivity index (χ2n) is 14.6. The topological polar surface area (TPSA) is 0 Å². The number of rotatable bonds is 10. The van der Waals surface area contributed by atoms with Gasteiger partial charge in [-0.15, -0.1) is 0 Å². The second-order valence-corrected chi connectivity index (χ2v) is 18.8. The highest BCUT2D eigenvalue weighted by molar-refractivity contribution is 7.14. The van der Waals surface area contributed by atoms with E-state index in [1.165, 1.54) is 0 Å². The first-order valence-corrected chi connectivity index (χ1v) is 19.9. The van der Waals surface area contributed by atoms with Crippen LogP contribution in [0.3, 0.4) is 0 Å². The van der Waals surface area contributed by atoms with Crippen molar-refractivity contribution in [3.8, 4) is 0 Å². The lowest BCUT2D eigenvalue weighted by molar-refractivity contribution is 0.626. The highest BCUT2D eigenvalue weighted by Gasteiger charge is 2.56. The minimum absolute atomic E-state index is 0.359. The van der Waals surface area contributed by atoms with Crippen LogP contribution in [0.5, 0.6) is 0 Å². The Hall–Kier alpha value is -5.19. The first-order valence-electron chi connectivity index (χ1n) is 17.9. The Labute approximate surface area is 307 Å². The minimum Gasteiger partial charge on any atom is -0.207 e. The molecular formula is C48H43F3Si. The van der Waals surface area contributed by atoms with E-state index in [2.05, 4.69) is 52.0 Å². The summed E-state index contributed by atoms with van der Waals surface area (Å²) < 4.78 is 48.9. The maximum atomic E-state index is 16.3. The molecule has 6 aromatic carbocycles. The summed E-state index contributed by atoms with van der Waals surface area (Å²) in [7, 11) is -3.66. The SMILES string of the molecule is CC1=CC(C)([Si](c2cc(F)cc(Cc3ccccc3)c2)(c2cc(F)cc(Cc3ccccc3)c2)c2cc(F)cc(Cc3ccccc3)c2)C(C)=C1C. The zero-order chi connectivity index (χ0) is 36.5. The molecule has 0 nitrogen and oxygen atoms in total. The van der Waals surface area contributed by atoms with Gasteiger partial charge >= 0.3 is 0 Å². The van der Waals surface area contributed by atoms with Crippen LogP contribution in [0, 0.1) is 17.5 Å². The van der Waals surface area contributed by atoms with Crippen molar-refractivity contribution in [2.45, 2.75) is 52.0 Å². The molecule has 0 radical (unpaired) electrons. The van der Waals surface area contributed by atoms with E-state index in [1.807, 2.05) is 91.0 Å². The number of hydrogen-bond acceptors (Lipinski definition) is 0. The summed E-state index contributed by atoms with van der Waals surface area (Å²) in [5, 5.41) is 1.65.